The fraction of sp³-hybridized carbons (Fsp3) is 0.294. The summed E-state index contributed by atoms with van der Waals surface area (Å²) in [6, 6.07) is 6.45. The number of alkyl halides is 3. The van der Waals surface area contributed by atoms with Crippen LogP contribution in [0, 0.1) is 0 Å². The van der Waals surface area contributed by atoms with E-state index in [1.54, 1.807) is 11.3 Å². The van der Waals surface area contributed by atoms with Gasteiger partial charge >= 0.3 is 18.2 Å². The second-order valence-corrected chi connectivity index (χ2v) is 6.88. The second-order valence-electron chi connectivity index (χ2n) is 6.10. The number of halogens is 3. The van der Waals surface area contributed by atoms with Crippen LogP contribution in [-0.2, 0) is 15.0 Å². The molecule has 1 aromatic carbocycles. The molecule has 2 N–H and O–H groups in total. The molecule has 9 heteroatoms. The van der Waals surface area contributed by atoms with Crippen LogP contribution >= 0.6 is 11.3 Å². The van der Waals surface area contributed by atoms with Gasteiger partial charge < -0.3 is 15.4 Å². The molecular weight excluding hydrogens is 369 g/mol. The molecule has 26 heavy (non-hydrogen) atoms. The summed E-state index contributed by atoms with van der Waals surface area (Å²) in [5.74, 6) is -2.16. The lowest BCUT2D eigenvalue weighted by atomic mass is 9.86. The summed E-state index contributed by atoms with van der Waals surface area (Å²) in [5, 5.41) is 8.77. The zero-order chi connectivity index (χ0) is 19.4. The largest absolute Gasteiger partial charge is 0.573 e. The van der Waals surface area contributed by atoms with E-state index in [-0.39, 0.29) is 17.6 Å². The van der Waals surface area contributed by atoms with Gasteiger partial charge in [0.2, 0.25) is 0 Å². The van der Waals surface area contributed by atoms with Gasteiger partial charge in [0.15, 0.2) is 0 Å². The predicted octanol–water partition coefficient (Wildman–Crippen LogP) is 3.68. The smallest absolute Gasteiger partial charge is 0.406 e. The molecule has 0 spiro atoms. The minimum absolute atomic E-state index is 0.178. The number of carbonyl (C=O) groups is 2. The molecule has 140 valence electrons. The quantitative estimate of drug-likeness (QED) is 0.771. The molecule has 0 atom stereocenters. The highest BCUT2D eigenvalue weighted by Gasteiger charge is 2.31. The van der Waals surface area contributed by atoms with Crippen molar-refractivity contribution in [2.75, 3.05) is 11.9 Å². The minimum atomic E-state index is -4.79. The van der Waals surface area contributed by atoms with Gasteiger partial charge in [0.1, 0.15) is 5.75 Å². The van der Waals surface area contributed by atoms with E-state index in [0.717, 1.165) is 17.7 Å². The van der Waals surface area contributed by atoms with E-state index >= 15 is 0 Å². The van der Waals surface area contributed by atoms with Gasteiger partial charge in [-0.1, -0.05) is 13.8 Å². The maximum atomic E-state index is 12.1. The third-order valence-electron chi connectivity index (χ3n) is 3.55. The van der Waals surface area contributed by atoms with Crippen molar-refractivity contribution in [3.8, 4) is 5.75 Å². The Morgan fingerprint density at radius 2 is 1.73 bits per heavy atom. The molecule has 0 saturated carbocycles. The fourth-order valence-corrected chi connectivity index (χ4v) is 2.91. The van der Waals surface area contributed by atoms with E-state index in [0.29, 0.717) is 0 Å². The Bertz CT molecular complexity index is 757. The Kier molecular flexibility index (Phi) is 5.91. The van der Waals surface area contributed by atoms with Crippen LogP contribution in [0.4, 0.5) is 18.9 Å². The normalized spacial score (nSPS) is 11.7. The standard InChI is InChI=1S/C17H17F3N2O3S/c1-16(2,11-7-8-26-9-11)10-21-14(23)15(24)22-12-3-5-13(6-4-12)25-17(18,19)20/h3-9H,10H2,1-2H3,(H,21,23)(H,22,24). The van der Waals surface area contributed by atoms with E-state index in [1.165, 1.54) is 12.1 Å². The molecule has 2 aromatic rings. The third-order valence-corrected chi connectivity index (χ3v) is 4.23. The lowest BCUT2D eigenvalue weighted by Crippen LogP contribution is -2.41. The van der Waals surface area contributed by atoms with Gasteiger partial charge in [0, 0.05) is 17.6 Å². The SMILES string of the molecule is CC(C)(CNC(=O)C(=O)Nc1ccc(OC(F)(F)F)cc1)c1ccsc1. The molecule has 1 heterocycles. The van der Waals surface area contributed by atoms with E-state index in [9.17, 15) is 22.8 Å². The number of hydrogen-bond acceptors (Lipinski definition) is 4. The van der Waals surface area contributed by atoms with Crippen LogP contribution in [0.15, 0.2) is 41.1 Å². The second kappa shape index (κ2) is 7.77. The lowest BCUT2D eigenvalue weighted by molar-refractivity contribution is -0.274. The first-order valence-electron chi connectivity index (χ1n) is 7.54. The molecule has 0 radical (unpaired) electrons. The van der Waals surface area contributed by atoms with Crippen molar-refractivity contribution in [2.45, 2.75) is 25.6 Å². The maximum absolute atomic E-state index is 12.1. The average Bonchev–Trinajstić information content (AvgIpc) is 3.08. The molecule has 1 aromatic heterocycles. The number of benzene rings is 1. The molecule has 0 unspecified atom stereocenters. The van der Waals surface area contributed by atoms with Crippen LogP contribution in [0.5, 0.6) is 5.75 Å². The Labute approximate surface area is 152 Å². The van der Waals surface area contributed by atoms with Crippen molar-refractivity contribution < 1.29 is 27.5 Å². The summed E-state index contributed by atoms with van der Waals surface area (Å²) >= 11 is 1.54. The highest BCUT2D eigenvalue weighted by atomic mass is 32.1. The van der Waals surface area contributed by atoms with Crippen LogP contribution in [0.3, 0.4) is 0 Å². The van der Waals surface area contributed by atoms with E-state index in [4.69, 9.17) is 0 Å². The highest BCUT2D eigenvalue weighted by molar-refractivity contribution is 7.08. The van der Waals surface area contributed by atoms with Gasteiger partial charge in [0.05, 0.1) is 0 Å². The van der Waals surface area contributed by atoms with E-state index in [1.807, 2.05) is 30.7 Å². The first kappa shape index (κ1) is 19.8. The summed E-state index contributed by atoms with van der Waals surface area (Å²) in [4.78, 5) is 23.8. The summed E-state index contributed by atoms with van der Waals surface area (Å²) in [7, 11) is 0. The topological polar surface area (TPSA) is 67.4 Å². The van der Waals surface area contributed by atoms with Gasteiger partial charge in [-0.05, 0) is 46.7 Å². The van der Waals surface area contributed by atoms with Crippen LogP contribution in [0.2, 0.25) is 0 Å². The number of carbonyl (C=O) groups excluding carboxylic acids is 2. The molecular formula is C17H17F3N2O3S. The Balaban J connectivity index is 1.88. The number of nitrogens with one attached hydrogen (secondary N) is 2. The summed E-state index contributed by atoms with van der Waals surface area (Å²) in [5.41, 5.74) is 0.882. The Morgan fingerprint density at radius 3 is 2.27 bits per heavy atom. The van der Waals surface area contributed by atoms with Crippen molar-refractivity contribution >= 4 is 28.8 Å². The van der Waals surface area contributed by atoms with Crippen molar-refractivity contribution in [1.82, 2.24) is 5.32 Å². The van der Waals surface area contributed by atoms with Crippen LogP contribution in [0.1, 0.15) is 19.4 Å². The number of amides is 2. The summed E-state index contributed by atoms with van der Waals surface area (Å²) in [6.07, 6.45) is -4.79. The molecule has 0 saturated heterocycles. The Morgan fingerprint density at radius 1 is 1.08 bits per heavy atom. The lowest BCUT2D eigenvalue weighted by Gasteiger charge is -2.24. The molecule has 2 amide bonds. The van der Waals surface area contributed by atoms with Crippen molar-refractivity contribution in [2.24, 2.45) is 0 Å². The zero-order valence-electron chi connectivity index (χ0n) is 14.0. The van der Waals surface area contributed by atoms with Crippen molar-refractivity contribution in [3.63, 3.8) is 0 Å². The molecule has 5 nitrogen and oxygen atoms in total. The van der Waals surface area contributed by atoms with Gasteiger partial charge in [-0.15, -0.1) is 13.2 Å². The molecule has 2 rings (SSSR count). The molecule has 0 aliphatic rings. The highest BCUT2D eigenvalue weighted by Crippen LogP contribution is 2.25. The molecule has 0 aliphatic heterocycles. The minimum Gasteiger partial charge on any atom is -0.406 e. The maximum Gasteiger partial charge on any atom is 0.573 e. The average molecular weight is 386 g/mol. The van der Waals surface area contributed by atoms with Crippen molar-refractivity contribution in [1.29, 1.82) is 0 Å². The summed E-state index contributed by atoms with van der Waals surface area (Å²) in [6.45, 7) is 4.13. The number of hydrogen-bond donors (Lipinski definition) is 2. The first-order valence-corrected chi connectivity index (χ1v) is 8.49. The number of rotatable bonds is 5. The van der Waals surface area contributed by atoms with Gasteiger partial charge in [-0.25, -0.2) is 0 Å². The predicted molar refractivity (Wildman–Crippen MR) is 92.1 cm³/mol. The van der Waals surface area contributed by atoms with Gasteiger partial charge in [-0.3, -0.25) is 9.59 Å². The molecule has 0 bridgehead atoms. The van der Waals surface area contributed by atoms with Crippen LogP contribution < -0.4 is 15.4 Å². The zero-order valence-corrected chi connectivity index (χ0v) is 14.8. The van der Waals surface area contributed by atoms with E-state index < -0.39 is 23.9 Å². The Hall–Kier alpha value is -2.55. The third kappa shape index (κ3) is 5.76. The number of anilines is 1. The van der Waals surface area contributed by atoms with Crippen molar-refractivity contribution in [3.05, 3.63) is 46.7 Å². The molecule has 0 fully saturated rings. The summed E-state index contributed by atoms with van der Waals surface area (Å²) < 4.78 is 40.0. The van der Waals surface area contributed by atoms with Crippen LogP contribution in [0.25, 0.3) is 0 Å². The van der Waals surface area contributed by atoms with E-state index in [2.05, 4.69) is 15.4 Å². The molecule has 0 aliphatic carbocycles. The number of thiophene rings is 1. The number of ether oxygens (including phenoxy) is 1. The van der Waals surface area contributed by atoms with Crippen LogP contribution in [-0.4, -0.2) is 24.7 Å². The first-order chi connectivity index (χ1) is 12.1. The fourth-order valence-electron chi connectivity index (χ4n) is 2.06. The van der Waals surface area contributed by atoms with Gasteiger partial charge in [0.25, 0.3) is 0 Å². The monoisotopic (exact) mass is 386 g/mol. The van der Waals surface area contributed by atoms with Gasteiger partial charge in [-0.2, -0.15) is 11.3 Å².